The number of rotatable bonds is 3. The third kappa shape index (κ3) is 3.10. The third-order valence-corrected chi connectivity index (χ3v) is 4.89. The Labute approximate surface area is 152 Å². The molecule has 1 saturated heterocycles. The van der Waals surface area contributed by atoms with E-state index >= 15 is 0 Å². The van der Waals surface area contributed by atoms with Crippen LogP contribution in [0.5, 0.6) is 0 Å². The first-order valence-corrected chi connectivity index (χ1v) is 8.91. The van der Waals surface area contributed by atoms with Crippen molar-refractivity contribution in [2.24, 2.45) is 0 Å². The van der Waals surface area contributed by atoms with E-state index < -0.39 is 0 Å². The Balaban J connectivity index is 1.93. The lowest BCUT2D eigenvalue weighted by Gasteiger charge is -2.24. The van der Waals surface area contributed by atoms with Gasteiger partial charge in [0, 0.05) is 53.0 Å². The van der Waals surface area contributed by atoms with E-state index in [4.69, 9.17) is 16.6 Å². The van der Waals surface area contributed by atoms with Gasteiger partial charge in [-0.25, -0.2) is 15.0 Å². The smallest absolute Gasteiger partial charge is 0.178 e. The first-order valence-electron chi connectivity index (χ1n) is 8.53. The van der Waals surface area contributed by atoms with Gasteiger partial charge >= 0.3 is 0 Å². The highest BCUT2D eigenvalue weighted by Gasteiger charge is 2.22. The Morgan fingerprint density at radius 3 is 2.44 bits per heavy atom. The molecule has 0 radical (unpaired) electrons. The van der Waals surface area contributed by atoms with E-state index in [1.807, 2.05) is 31.2 Å². The summed E-state index contributed by atoms with van der Waals surface area (Å²) in [5.74, 6) is 0.650. The van der Waals surface area contributed by atoms with Crippen LogP contribution in [0.1, 0.15) is 18.5 Å². The molecule has 1 aromatic carbocycles. The van der Waals surface area contributed by atoms with Gasteiger partial charge in [-0.05, 0) is 38.0 Å². The lowest BCUT2D eigenvalue weighted by molar-refractivity contribution is 0.949. The topological polar surface area (TPSA) is 41.9 Å². The molecule has 3 aromatic rings. The molecule has 1 aliphatic rings. The molecule has 1 aliphatic heterocycles. The van der Waals surface area contributed by atoms with Crippen LogP contribution in [-0.2, 0) is 0 Å². The number of nitrogens with zero attached hydrogens (tertiary/aromatic N) is 4. The molecule has 126 valence electrons. The average Bonchev–Trinajstić information content (AvgIpc) is 3.17. The molecule has 2 aromatic heterocycles. The molecule has 1 fully saturated rings. The number of benzene rings is 1. The Morgan fingerprint density at radius 2 is 1.72 bits per heavy atom. The quantitative estimate of drug-likeness (QED) is 0.682. The second kappa shape index (κ2) is 6.81. The van der Waals surface area contributed by atoms with Gasteiger partial charge in [0.1, 0.15) is 5.69 Å². The maximum atomic E-state index is 6.50. The summed E-state index contributed by atoms with van der Waals surface area (Å²) in [5.41, 5.74) is 5.04. The predicted octanol–water partition coefficient (Wildman–Crippen LogP) is 4.77. The van der Waals surface area contributed by atoms with Gasteiger partial charge in [0.2, 0.25) is 0 Å². The summed E-state index contributed by atoms with van der Waals surface area (Å²) >= 11 is 6.50. The fourth-order valence-corrected chi connectivity index (χ4v) is 3.64. The second-order valence-electron chi connectivity index (χ2n) is 6.23. The lowest BCUT2D eigenvalue weighted by Crippen LogP contribution is -2.19. The van der Waals surface area contributed by atoms with E-state index in [1.54, 1.807) is 12.4 Å². The normalized spacial score (nSPS) is 14.1. The zero-order valence-corrected chi connectivity index (χ0v) is 14.9. The molecule has 0 saturated carbocycles. The molecule has 25 heavy (non-hydrogen) atoms. The SMILES string of the molecule is Cc1nc(-c2ncccn2)cc(N2CCCC2)c1-c1ccccc1Cl. The van der Waals surface area contributed by atoms with Crippen LogP contribution >= 0.6 is 11.6 Å². The van der Waals surface area contributed by atoms with Crippen molar-refractivity contribution < 1.29 is 0 Å². The summed E-state index contributed by atoms with van der Waals surface area (Å²) in [4.78, 5) is 15.9. The fraction of sp³-hybridized carbons (Fsp3) is 0.250. The summed E-state index contributed by atoms with van der Waals surface area (Å²) < 4.78 is 0. The molecule has 0 bridgehead atoms. The number of aryl methyl sites for hydroxylation is 1. The van der Waals surface area contributed by atoms with Gasteiger partial charge in [-0.2, -0.15) is 0 Å². The zero-order chi connectivity index (χ0) is 17.2. The minimum Gasteiger partial charge on any atom is -0.371 e. The Morgan fingerprint density at radius 1 is 1.00 bits per heavy atom. The minimum absolute atomic E-state index is 0.650. The minimum atomic E-state index is 0.650. The molecule has 0 unspecified atom stereocenters. The van der Waals surface area contributed by atoms with Crippen molar-refractivity contribution in [1.29, 1.82) is 0 Å². The number of hydrogen-bond donors (Lipinski definition) is 0. The van der Waals surface area contributed by atoms with Crippen molar-refractivity contribution in [2.75, 3.05) is 18.0 Å². The van der Waals surface area contributed by atoms with E-state index in [2.05, 4.69) is 27.0 Å². The van der Waals surface area contributed by atoms with E-state index in [0.29, 0.717) is 5.82 Å². The Kier molecular flexibility index (Phi) is 4.36. The highest BCUT2D eigenvalue weighted by Crippen LogP contribution is 2.39. The highest BCUT2D eigenvalue weighted by molar-refractivity contribution is 6.33. The van der Waals surface area contributed by atoms with Gasteiger partial charge in [0.25, 0.3) is 0 Å². The summed E-state index contributed by atoms with van der Waals surface area (Å²) in [5, 5.41) is 0.747. The molecule has 0 aliphatic carbocycles. The predicted molar refractivity (Wildman–Crippen MR) is 102 cm³/mol. The maximum absolute atomic E-state index is 6.50. The molecule has 4 nitrogen and oxygen atoms in total. The van der Waals surface area contributed by atoms with Crippen LogP contribution in [0.2, 0.25) is 5.02 Å². The number of hydrogen-bond acceptors (Lipinski definition) is 4. The van der Waals surface area contributed by atoms with Crippen molar-refractivity contribution in [2.45, 2.75) is 19.8 Å². The monoisotopic (exact) mass is 350 g/mol. The first kappa shape index (κ1) is 16.0. The summed E-state index contributed by atoms with van der Waals surface area (Å²) in [7, 11) is 0. The number of halogens is 1. The third-order valence-electron chi connectivity index (χ3n) is 4.56. The van der Waals surface area contributed by atoms with Gasteiger partial charge in [0.05, 0.1) is 0 Å². The molecule has 0 N–H and O–H groups in total. The zero-order valence-electron chi connectivity index (χ0n) is 14.1. The highest BCUT2D eigenvalue weighted by atomic mass is 35.5. The van der Waals surface area contributed by atoms with Gasteiger partial charge in [-0.3, -0.25) is 0 Å². The van der Waals surface area contributed by atoms with E-state index in [-0.39, 0.29) is 0 Å². The summed E-state index contributed by atoms with van der Waals surface area (Å²) in [6, 6.07) is 11.9. The van der Waals surface area contributed by atoms with Crippen LogP contribution in [0.4, 0.5) is 5.69 Å². The second-order valence-corrected chi connectivity index (χ2v) is 6.64. The van der Waals surface area contributed by atoms with Crippen LogP contribution in [0, 0.1) is 6.92 Å². The van der Waals surface area contributed by atoms with Gasteiger partial charge in [0.15, 0.2) is 5.82 Å². The standard InChI is InChI=1S/C20H19ClN4/c1-14-19(15-7-2-3-8-16(15)21)18(25-11-4-5-12-25)13-17(24-14)20-22-9-6-10-23-20/h2-3,6-10,13H,4-5,11-12H2,1H3. The molecule has 3 heterocycles. The van der Waals surface area contributed by atoms with Crippen molar-refractivity contribution in [3.8, 4) is 22.6 Å². The molecular weight excluding hydrogens is 332 g/mol. The number of aromatic nitrogens is 3. The maximum Gasteiger partial charge on any atom is 0.178 e. The van der Waals surface area contributed by atoms with Crippen LogP contribution in [0.15, 0.2) is 48.8 Å². The summed E-state index contributed by atoms with van der Waals surface area (Å²) in [6.07, 6.45) is 5.91. The van der Waals surface area contributed by atoms with Crippen molar-refractivity contribution in [3.05, 3.63) is 59.5 Å². The molecule has 0 atom stereocenters. The molecule has 0 spiro atoms. The van der Waals surface area contributed by atoms with Crippen molar-refractivity contribution in [3.63, 3.8) is 0 Å². The van der Waals surface area contributed by atoms with Crippen LogP contribution in [-0.4, -0.2) is 28.0 Å². The van der Waals surface area contributed by atoms with Gasteiger partial charge < -0.3 is 4.90 Å². The largest absolute Gasteiger partial charge is 0.371 e. The van der Waals surface area contributed by atoms with E-state index in [0.717, 1.165) is 40.6 Å². The Hall–Kier alpha value is -2.46. The lowest BCUT2D eigenvalue weighted by atomic mass is 10.0. The number of anilines is 1. The van der Waals surface area contributed by atoms with Gasteiger partial charge in [-0.15, -0.1) is 0 Å². The average molecular weight is 351 g/mol. The number of pyridine rings is 1. The Bertz CT molecular complexity index is 889. The molecule has 0 amide bonds. The summed E-state index contributed by atoms with van der Waals surface area (Å²) in [6.45, 7) is 4.14. The van der Waals surface area contributed by atoms with Gasteiger partial charge in [-0.1, -0.05) is 29.8 Å². The first-order chi connectivity index (χ1) is 12.2. The van der Waals surface area contributed by atoms with E-state index in [1.165, 1.54) is 18.5 Å². The van der Waals surface area contributed by atoms with Crippen LogP contribution in [0.25, 0.3) is 22.6 Å². The van der Waals surface area contributed by atoms with Crippen LogP contribution < -0.4 is 4.90 Å². The van der Waals surface area contributed by atoms with Crippen molar-refractivity contribution >= 4 is 17.3 Å². The fourth-order valence-electron chi connectivity index (χ4n) is 3.41. The van der Waals surface area contributed by atoms with E-state index in [9.17, 15) is 0 Å². The molecular formula is C20H19ClN4. The van der Waals surface area contributed by atoms with Crippen LogP contribution in [0.3, 0.4) is 0 Å². The van der Waals surface area contributed by atoms with Crippen molar-refractivity contribution in [1.82, 2.24) is 15.0 Å². The molecule has 5 heteroatoms. The molecule has 4 rings (SSSR count).